The summed E-state index contributed by atoms with van der Waals surface area (Å²) < 4.78 is 13.1. The monoisotopic (exact) mass is 351 g/mol. The first-order valence-electron chi connectivity index (χ1n) is 9.89. The Hall–Kier alpha value is -2.09. The van der Waals surface area contributed by atoms with E-state index in [1.54, 1.807) is 0 Å². The van der Waals surface area contributed by atoms with E-state index in [4.69, 9.17) is 0 Å². The lowest BCUT2D eigenvalue weighted by Crippen LogP contribution is -2.27. The second-order valence-electron chi connectivity index (χ2n) is 7.44. The molecule has 0 N–H and O–H groups in total. The van der Waals surface area contributed by atoms with E-state index >= 15 is 0 Å². The van der Waals surface area contributed by atoms with Crippen LogP contribution in [0.3, 0.4) is 0 Å². The summed E-state index contributed by atoms with van der Waals surface area (Å²) in [5.74, 6) is -0.176. The lowest BCUT2D eigenvalue weighted by molar-refractivity contribution is 0.263. The number of halogens is 1. The van der Waals surface area contributed by atoms with E-state index in [0.29, 0.717) is 6.04 Å². The van der Waals surface area contributed by atoms with Crippen molar-refractivity contribution >= 4 is 0 Å². The van der Waals surface area contributed by atoms with Crippen LogP contribution in [0.5, 0.6) is 0 Å². The maximum atomic E-state index is 13.1. The Morgan fingerprint density at radius 1 is 1.12 bits per heavy atom. The Morgan fingerprint density at radius 2 is 1.85 bits per heavy atom. The summed E-state index contributed by atoms with van der Waals surface area (Å²) >= 11 is 0. The molecule has 0 saturated heterocycles. The van der Waals surface area contributed by atoms with Crippen LogP contribution in [0, 0.1) is 5.82 Å². The minimum atomic E-state index is -0.176. The quantitative estimate of drug-likeness (QED) is 0.544. The minimum Gasteiger partial charge on any atom is -0.369 e. The predicted octanol–water partition coefficient (Wildman–Crippen LogP) is 6.23. The summed E-state index contributed by atoms with van der Waals surface area (Å²) in [6, 6.07) is 14.2. The zero-order valence-corrected chi connectivity index (χ0v) is 16.1. The average molecular weight is 352 g/mol. The topological polar surface area (TPSA) is 3.24 Å². The molecule has 0 aliphatic heterocycles. The van der Waals surface area contributed by atoms with Gasteiger partial charge in [0.25, 0.3) is 0 Å². The molecule has 2 aromatic rings. The highest BCUT2D eigenvalue weighted by atomic mass is 19.1. The van der Waals surface area contributed by atoms with Crippen LogP contribution < -0.4 is 0 Å². The molecule has 1 unspecified atom stereocenters. The van der Waals surface area contributed by atoms with Gasteiger partial charge in [-0.15, -0.1) is 0 Å². The fourth-order valence-corrected chi connectivity index (χ4v) is 3.98. The highest BCUT2D eigenvalue weighted by Crippen LogP contribution is 2.30. The third kappa shape index (κ3) is 4.35. The lowest BCUT2D eigenvalue weighted by Gasteiger charge is -2.33. The SMILES string of the molecule is C=C(CCc1ccc(F)cc1)N(CCC)C(C)c1ccc2c(c1)CCC2. The molecular formula is C24H30FN. The van der Waals surface area contributed by atoms with Crippen molar-refractivity contribution in [3.63, 3.8) is 0 Å². The van der Waals surface area contributed by atoms with Gasteiger partial charge >= 0.3 is 0 Å². The molecule has 1 aliphatic rings. The molecule has 0 saturated carbocycles. The Morgan fingerprint density at radius 3 is 2.58 bits per heavy atom. The van der Waals surface area contributed by atoms with Crippen molar-refractivity contribution in [2.45, 2.75) is 58.4 Å². The zero-order chi connectivity index (χ0) is 18.5. The fraction of sp³-hybridized carbons (Fsp3) is 0.417. The van der Waals surface area contributed by atoms with Crippen molar-refractivity contribution < 1.29 is 4.39 Å². The summed E-state index contributed by atoms with van der Waals surface area (Å²) in [6.07, 6.45) is 6.64. The molecule has 0 radical (unpaired) electrons. The molecule has 0 heterocycles. The highest BCUT2D eigenvalue weighted by molar-refractivity contribution is 5.36. The number of hydrogen-bond acceptors (Lipinski definition) is 1. The summed E-state index contributed by atoms with van der Waals surface area (Å²) in [7, 11) is 0. The molecule has 1 aliphatic carbocycles. The number of allylic oxidation sites excluding steroid dienone is 1. The summed E-state index contributed by atoms with van der Waals surface area (Å²) in [4.78, 5) is 2.44. The van der Waals surface area contributed by atoms with Gasteiger partial charge < -0.3 is 4.90 Å². The van der Waals surface area contributed by atoms with E-state index < -0.39 is 0 Å². The van der Waals surface area contributed by atoms with Gasteiger partial charge in [-0.1, -0.05) is 43.8 Å². The molecule has 1 atom stereocenters. The molecule has 26 heavy (non-hydrogen) atoms. The Balaban J connectivity index is 1.68. The lowest BCUT2D eigenvalue weighted by atomic mass is 9.99. The van der Waals surface area contributed by atoms with Crippen molar-refractivity contribution in [2.24, 2.45) is 0 Å². The first-order valence-corrected chi connectivity index (χ1v) is 9.89. The molecule has 3 rings (SSSR count). The van der Waals surface area contributed by atoms with E-state index in [2.05, 4.69) is 43.5 Å². The molecule has 138 valence electrons. The minimum absolute atomic E-state index is 0.176. The molecule has 0 fully saturated rings. The predicted molar refractivity (Wildman–Crippen MR) is 108 cm³/mol. The first-order chi connectivity index (χ1) is 12.6. The number of fused-ring (bicyclic) bond motifs is 1. The van der Waals surface area contributed by atoms with Gasteiger partial charge in [-0.3, -0.25) is 0 Å². The van der Waals surface area contributed by atoms with Gasteiger partial charge in [-0.25, -0.2) is 4.39 Å². The van der Waals surface area contributed by atoms with Gasteiger partial charge in [0, 0.05) is 12.2 Å². The third-order valence-electron chi connectivity index (χ3n) is 5.56. The van der Waals surface area contributed by atoms with Crippen LogP contribution >= 0.6 is 0 Å². The van der Waals surface area contributed by atoms with Crippen molar-refractivity contribution in [1.82, 2.24) is 4.90 Å². The van der Waals surface area contributed by atoms with Crippen LogP contribution in [0.1, 0.15) is 61.4 Å². The normalized spacial score (nSPS) is 14.1. The van der Waals surface area contributed by atoms with E-state index in [9.17, 15) is 4.39 Å². The molecule has 0 aromatic heterocycles. The van der Waals surface area contributed by atoms with Gasteiger partial charge in [-0.05, 0) is 79.8 Å². The number of nitrogens with zero attached hydrogens (tertiary/aromatic N) is 1. The van der Waals surface area contributed by atoms with E-state index in [1.807, 2.05) is 12.1 Å². The van der Waals surface area contributed by atoms with Gasteiger partial charge in [0.15, 0.2) is 0 Å². The largest absolute Gasteiger partial charge is 0.369 e. The molecule has 0 amide bonds. The second-order valence-corrected chi connectivity index (χ2v) is 7.44. The van der Waals surface area contributed by atoms with Gasteiger partial charge in [0.05, 0.1) is 6.04 Å². The Bertz CT molecular complexity index is 747. The number of hydrogen-bond donors (Lipinski definition) is 0. The van der Waals surface area contributed by atoms with Gasteiger partial charge in [0.1, 0.15) is 5.82 Å². The van der Waals surface area contributed by atoms with Crippen LogP contribution in [0.2, 0.25) is 0 Å². The Labute approximate surface area is 157 Å². The number of aryl methyl sites for hydroxylation is 3. The molecule has 0 bridgehead atoms. The smallest absolute Gasteiger partial charge is 0.123 e. The first kappa shape index (κ1) is 18.7. The van der Waals surface area contributed by atoms with Crippen LogP contribution in [0.4, 0.5) is 4.39 Å². The van der Waals surface area contributed by atoms with Crippen molar-refractivity contribution in [3.05, 3.63) is 82.8 Å². The van der Waals surface area contributed by atoms with Crippen molar-refractivity contribution in [1.29, 1.82) is 0 Å². The molecule has 2 aromatic carbocycles. The summed E-state index contributed by atoms with van der Waals surface area (Å²) in [6.45, 7) is 9.90. The van der Waals surface area contributed by atoms with Crippen LogP contribution in [0.15, 0.2) is 54.7 Å². The fourth-order valence-electron chi connectivity index (χ4n) is 3.98. The average Bonchev–Trinajstić information content (AvgIpc) is 3.12. The van der Waals surface area contributed by atoms with E-state index in [-0.39, 0.29) is 5.82 Å². The van der Waals surface area contributed by atoms with Crippen molar-refractivity contribution in [2.75, 3.05) is 6.54 Å². The highest BCUT2D eigenvalue weighted by Gasteiger charge is 2.19. The molecule has 2 heteroatoms. The number of benzene rings is 2. The van der Waals surface area contributed by atoms with E-state index in [0.717, 1.165) is 31.4 Å². The summed E-state index contributed by atoms with van der Waals surface area (Å²) in [5.41, 5.74) is 6.78. The molecule has 0 spiro atoms. The van der Waals surface area contributed by atoms with Gasteiger partial charge in [-0.2, -0.15) is 0 Å². The molecular weight excluding hydrogens is 321 g/mol. The summed E-state index contributed by atoms with van der Waals surface area (Å²) in [5, 5.41) is 0. The standard InChI is InChI=1S/C24H30FN/c1-4-16-26(18(2)8-9-20-10-14-24(25)15-11-20)19(3)22-13-12-21-6-5-7-23(21)17-22/h10-15,17,19H,2,4-9,16H2,1,3H3. The third-order valence-corrected chi connectivity index (χ3v) is 5.56. The van der Waals surface area contributed by atoms with Gasteiger partial charge in [0.2, 0.25) is 0 Å². The van der Waals surface area contributed by atoms with Crippen LogP contribution in [-0.4, -0.2) is 11.4 Å². The molecule has 1 nitrogen and oxygen atoms in total. The van der Waals surface area contributed by atoms with Crippen LogP contribution in [0.25, 0.3) is 0 Å². The second kappa shape index (κ2) is 8.53. The maximum Gasteiger partial charge on any atom is 0.123 e. The number of rotatable bonds is 8. The van der Waals surface area contributed by atoms with Crippen LogP contribution in [-0.2, 0) is 19.3 Å². The Kier molecular flexibility index (Phi) is 6.13. The maximum absolute atomic E-state index is 13.1. The van der Waals surface area contributed by atoms with E-state index in [1.165, 1.54) is 53.8 Å². The zero-order valence-electron chi connectivity index (χ0n) is 16.1. The van der Waals surface area contributed by atoms with Crippen molar-refractivity contribution in [3.8, 4) is 0 Å².